The van der Waals surface area contributed by atoms with E-state index in [1.807, 2.05) is 0 Å². The quantitative estimate of drug-likeness (QED) is 0.906. The minimum absolute atomic E-state index is 0.0227. The van der Waals surface area contributed by atoms with Crippen molar-refractivity contribution in [3.63, 3.8) is 0 Å². The first-order valence-electron chi connectivity index (χ1n) is 5.21. The molecule has 1 aromatic heterocycles. The molecule has 0 saturated heterocycles. The first-order chi connectivity index (χ1) is 8.58. The number of alkyl halides is 2. The van der Waals surface area contributed by atoms with E-state index in [2.05, 4.69) is 14.8 Å². The molecule has 0 spiro atoms. The average molecular weight is 255 g/mol. The number of nitrogens with zero attached hydrogens (tertiary/aromatic N) is 3. The Morgan fingerprint density at radius 1 is 1.39 bits per heavy atom. The minimum atomic E-state index is -2.88. The summed E-state index contributed by atoms with van der Waals surface area (Å²) >= 11 is 0. The predicted molar refractivity (Wildman–Crippen MR) is 58.6 cm³/mol. The molecule has 18 heavy (non-hydrogen) atoms. The van der Waals surface area contributed by atoms with E-state index in [1.54, 1.807) is 19.1 Å². The van der Waals surface area contributed by atoms with Crippen LogP contribution < -0.4 is 4.74 Å². The lowest BCUT2D eigenvalue weighted by atomic mass is 10.3. The summed E-state index contributed by atoms with van der Waals surface area (Å²) in [6, 6.07) is 6.01. The lowest BCUT2D eigenvalue weighted by Crippen LogP contribution is -2.07. The number of aliphatic hydroxyl groups is 1. The van der Waals surface area contributed by atoms with Gasteiger partial charge in [0.1, 0.15) is 18.2 Å². The van der Waals surface area contributed by atoms with Crippen molar-refractivity contribution >= 4 is 0 Å². The van der Waals surface area contributed by atoms with Crippen molar-refractivity contribution in [1.29, 1.82) is 0 Å². The van der Waals surface area contributed by atoms with E-state index in [1.165, 1.54) is 23.1 Å². The third-order valence-corrected chi connectivity index (χ3v) is 2.24. The van der Waals surface area contributed by atoms with E-state index >= 15 is 0 Å². The standard InChI is InChI=1S/C11H11F2N3O2/c1-7(17)10-14-6-15-16(10)8-3-2-4-9(5-8)18-11(12)13/h2-7,11,17H,1H3. The molecular formula is C11H11F2N3O2. The summed E-state index contributed by atoms with van der Waals surface area (Å²) in [6.45, 7) is -1.34. The highest BCUT2D eigenvalue weighted by atomic mass is 19.3. The molecule has 1 N–H and O–H groups in total. The van der Waals surface area contributed by atoms with Crippen LogP contribution in [0.25, 0.3) is 5.69 Å². The third kappa shape index (κ3) is 2.62. The summed E-state index contributed by atoms with van der Waals surface area (Å²) in [4.78, 5) is 3.90. The molecule has 1 atom stereocenters. The summed E-state index contributed by atoms with van der Waals surface area (Å²) in [7, 11) is 0. The van der Waals surface area contributed by atoms with Crippen molar-refractivity contribution in [2.45, 2.75) is 19.6 Å². The zero-order valence-electron chi connectivity index (χ0n) is 9.49. The summed E-state index contributed by atoms with van der Waals surface area (Å²) in [5.74, 6) is 0.346. The minimum Gasteiger partial charge on any atom is -0.435 e. The number of rotatable bonds is 4. The monoisotopic (exact) mass is 255 g/mol. The van der Waals surface area contributed by atoms with Crippen LogP contribution in [-0.2, 0) is 0 Å². The van der Waals surface area contributed by atoms with Crippen LogP contribution in [0, 0.1) is 0 Å². The Morgan fingerprint density at radius 3 is 2.83 bits per heavy atom. The van der Waals surface area contributed by atoms with E-state index in [9.17, 15) is 13.9 Å². The Labute approximate surface area is 102 Å². The first-order valence-corrected chi connectivity index (χ1v) is 5.21. The highest BCUT2D eigenvalue weighted by molar-refractivity contribution is 5.39. The second-order valence-electron chi connectivity index (χ2n) is 3.58. The van der Waals surface area contributed by atoms with Crippen molar-refractivity contribution in [3.8, 4) is 11.4 Å². The van der Waals surface area contributed by atoms with Crippen LogP contribution in [0.5, 0.6) is 5.75 Å². The Hall–Kier alpha value is -2.02. The van der Waals surface area contributed by atoms with Gasteiger partial charge in [0.15, 0.2) is 5.82 Å². The second kappa shape index (κ2) is 5.09. The largest absolute Gasteiger partial charge is 0.435 e. The number of hydrogen-bond acceptors (Lipinski definition) is 4. The molecule has 1 unspecified atom stereocenters. The number of hydrogen-bond donors (Lipinski definition) is 1. The van der Waals surface area contributed by atoms with Gasteiger partial charge in [0.05, 0.1) is 5.69 Å². The third-order valence-electron chi connectivity index (χ3n) is 2.24. The van der Waals surface area contributed by atoms with Gasteiger partial charge < -0.3 is 9.84 Å². The van der Waals surface area contributed by atoms with Gasteiger partial charge in [-0.15, -0.1) is 0 Å². The average Bonchev–Trinajstić information content (AvgIpc) is 2.77. The molecule has 0 aliphatic carbocycles. The molecule has 5 nitrogen and oxygen atoms in total. The van der Waals surface area contributed by atoms with Crippen LogP contribution in [0.4, 0.5) is 8.78 Å². The molecule has 2 rings (SSSR count). The highest BCUT2D eigenvalue weighted by Gasteiger charge is 2.12. The molecule has 1 aromatic carbocycles. The number of aliphatic hydroxyl groups excluding tert-OH is 1. The predicted octanol–water partition coefficient (Wildman–Crippen LogP) is 1.92. The van der Waals surface area contributed by atoms with Crippen LogP contribution >= 0.6 is 0 Å². The maximum absolute atomic E-state index is 12.1. The molecule has 0 aliphatic rings. The van der Waals surface area contributed by atoms with Gasteiger partial charge in [-0.2, -0.15) is 13.9 Å². The smallest absolute Gasteiger partial charge is 0.387 e. The van der Waals surface area contributed by atoms with Crippen molar-refractivity contribution in [2.75, 3.05) is 0 Å². The van der Waals surface area contributed by atoms with Crippen LogP contribution in [0.3, 0.4) is 0 Å². The van der Waals surface area contributed by atoms with Crippen molar-refractivity contribution < 1.29 is 18.6 Å². The fourth-order valence-corrected chi connectivity index (χ4v) is 1.53. The van der Waals surface area contributed by atoms with Crippen LogP contribution in [0.1, 0.15) is 18.9 Å². The molecule has 2 aromatic rings. The number of aromatic nitrogens is 3. The zero-order valence-corrected chi connectivity index (χ0v) is 9.49. The lowest BCUT2D eigenvalue weighted by Gasteiger charge is -2.09. The van der Waals surface area contributed by atoms with Gasteiger partial charge in [-0.25, -0.2) is 9.67 Å². The Bertz CT molecular complexity index is 529. The zero-order chi connectivity index (χ0) is 13.1. The summed E-state index contributed by atoms with van der Waals surface area (Å²) in [6.07, 6.45) is 0.468. The lowest BCUT2D eigenvalue weighted by molar-refractivity contribution is -0.0498. The molecule has 96 valence electrons. The van der Waals surface area contributed by atoms with Crippen LogP contribution in [0.2, 0.25) is 0 Å². The summed E-state index contributed by atoms with van der Waals surface area (Å²) in [5, 5.41) is 13.4. The summed E-state index contributed by atoms with van der Waals surface area (Å²) < 4.78 is 29.9. The van der Waals surface area contributed by atoms with Crippen molar-refractivity contribution in [3.05, 3.63) is 36.4 Å². The van der Waals surface area contributed by atoms with Gasteiger partial charge in [0.2, 0.25) is 0 Å². The number of ether oxygens (including phenoxy) is 1. The van der Waals surface area contributed by atoms with Gasteiger partial charge >= 0.3 is 6.61 Å². The van der Waals surface area contributed by atoms with Gasteiger partial charge in [-0.3, -0.25) is 0 Å². The summed E-state index contributed by atoms with van der Waals surface area (Å²) in [5.41, 5.74) is 0.488. The molecule has 0 amide bonds. The maximum atomic E-state index is 12.1. The van der Waals surface area contributed by atoms with Crippen LogP contribution in [0.15, 0.2) is 30.6 Å². The second-order valence-corrected chi connectivity index (χ2v) is 3.58. The molecule has 0 fully saturated rings. The fraction of sp³-hybridized carbons (Fsp3) is 0.273. The molecule has 0 radical (unpaired) electrons. The SMILES string of the molecule is CC(O)c1ncnn1-c1cccc(OC(F)F)c1. The highest BCUT2D eigenvalue weighted by Crippen LogP contribution is 2.20. The molecule has 0 aliphatic heterocycles. The Balaban J connectivity index is 2.35. The molecule has 0 bridgehead atoms. The molecule has 1 heterocycles. The van der Waals surface area contributed by atoms with Crippen molar-refractivity contribution in [2.24, 2.45) is 0 Å². The van der Waals surface area contributed by atoms with Gasteiger partial charge in [-0.1, -0.05) is 6.07 Å². The van der Waals surface area contributed by atoms with Crippen molar-refractivity contribution in [1.82, 2.24) is 14.8 Å². The molecular weight excluding hydrogens is 244 g/mol. The maximum Gasteiger partial charge on any atom is 0.387 e. The van der Waals surface area contributed by atoms with Gasteiger partial charge in [-0.05, 0) is 19.1 Å². The van der Waals surface area contributed by atoms with E-state index in [0.717, 1.165) is 0 Å². The van der Waals surface area contributed by atoms with E-state index in [-0.39, 0.29) is 5.75 Å². The first kappa shape index (κ1) is 12.4. The molecule has 0 saturated carbocycles. The van der Waals surface area contributed by atoms with Gasteiger partial charge in [0.25, 0.3) is 0 Å². The normalized spacial score (nSPS) is 12.7. The number of halogens is 2. The van der Waals surface area contributed by atoms with Gasteiger partial charge in [0, 0.05) is 6.07 Å². The van der Waals surface area contributed by atoms with Crippen LogP contribution in [-0.4, -0.2) is 26.5 Å². The van der Waals surface area contributed by atoms with E-state index < -0.39 is 12.7 Å². The Kier molecular flexibility index (Phi) is 3.52. The van der Waals surface area contributed by atoms with E-state index in [4.69, 9.17) is 0 Å². The van der Waals surface area contributed by atoms with E-state index in [0.29, 0.717) is 11.5 Å². The Morgan fingerprint density at radius 2 is 2.17 bits per heavy atom. The molecule has 7 heteroatoms. The number of benzene rings is 1. The fourth-order valence-electron chi connectivity index (χ4n) is 1.53. The topological polar surface area (TPSA) is 60.2 Å².